The van der Waals surface area contributed by atoms with Gasteiger partial charge < -0.3 is 9.84 Å². The lowest BCUT2D eigenvalue weighted by Crippen LogP contribution is -2.45. The highest BCUT2D eigenvalue weighted by molar-refractivity contribution is 8.18. The molecule has 98 valence electrons. The standard InChI is InChI=1S/C14H18O2S2/c1-11-10-13(17-8-5-9-18-13)14(15,16-11)12-6-3-2-4-7-12/h2-4,6-7,11,15H,5,8-10H2,1H3/t11-,14+/m0/s1. The maximum absolute atomic E-state index is 11.1. The Morgan fingerprint density at radius 3 is 2.56 bits per heavy atom. The third kappa shape index (κ3) is 1.90. The molecule has 2 fully saturated rings. The highest BCUT2D eigenvalue weighted by atomic mass is 32.2. The van der Waals surface area contributed by atoms with Gasteiger partial charge in [-0.25, -0.2) is 0 Å². The fourth-order valence-corrected chi connectivity index (χ4v) is 6.46. The van der Waals surface area contributed by atoms with Crippen LogP contribution in [-0.2, 0) is 10.5 Å². The van der Waals surface area contributed by atoms with Crippen molar-refractivity contribution < 1.29 is 9.84 Å². The van der Waals surface area contributed by atoms with Crippen molar-refractivity contribution in [2.75, 3.05) is 11.5 Å². The van der Waals surface area contributed by atoms with E-state index >= 15 is 0 Å². The van der Waals surface area contributed by atoms with Crippen molar-refractivity contribution >= 4 is 23.5 Å². The van der Waals surface area contributed by atoms with Crippen LogP contribution in [0.2, 0.25) is 0 Å². The summed E-state index contributed by atoms with van der Waals surface area (Å²) < 4.78 is 5.71. The van der Waals surface area contributed by atoms with Gasteiger partial charge in [0.05, 0.1) is 6.10 Å². The van der Waals surface area contributed by atoms with Crippen molar-refractivity contribution in [1.29, 1.82) is 0 Å². The Morgan fingerprint density at radius 2 is 1.89 bits per heavy atom. The number of aliphatic hydroxyl groups is 1. The minimum Gasteiger partial charge on any atom is -0.360 e. The third-order valence-electron chi connectivity index (χ3n) is 3.57. The zero-order valence-corrected chi connectivity index (χ0v) is 12.1. The SMILES string of the molecule is C[C@H]1CC2(SCCCS2)[C@@](O)(c2ccccc2)O1. The van der Waals surface area contributed by atoms with Crippen LogP contribution in [0, 0.1) is 0 Å². The van der Waals surface area contributed by atoms with E-state index < -0.39 is 5.79 Å². The second-order valence-electron chi connectivity index (χ2n) is 4.95. The Labute approximate surface area is 116 Å². The number of benzene rings is 1. The van der Waals surface area contributed by atoms with Gasteiger partial charge in [0.2, 0.25) is 5.79 Å². The second-order valence-corrected chi connectivity index (χ2v) is 7.99. The second kappa shape index (κ2) is 4.75. The Balaban J connectivity index is 2.02. The van der Waals surface area contributed by atoms with E-state index in [9.17, 15) is 5.11 Å². The van der Waals surface area contributed by atoms with Crippen molar-refractivity contribution in [2.45, 2.75) is 35.7 Å². The minimum atomic E-state index is -1.15. The molecule has 1 aromatic carbocycles. The molecule has 0 amide bonds. The third-order valence-corrected chi connectivity index (χ3v) is 7.08. The number of ether oxygens (including phenoxy) is 1. The van der Waals surface area contributed by atoms with Gasteiger partial charge in [0, 0.05) is 12.0 Å². The number of hydrogen-bond acceptors (Lipinski definition) is 4. The predicted octanol–water partition coefficient (Wildman–Crippen LogP) is 3.21. The van der Waals surface area contributed by atoms with Crippen molar-refractivity contribution in [1.82, 2.24) is 0 Å². The molecule has 2 saturated heterocycles. The first kappa shape index (κ1) is 12.9. The molecule has 2 aliphatic heterocycles. The molecule has 1 aromatic rings. The summed E-state index contributed by atoms with van der Waals surface area (Å²) in [6, 6.07) is 9.83. The fraction of sp³-hybridized carbons (Fsp3) is 0.571. The van der Waals surface area contributed by atoms with Crippen LogP contribution >= 0.6 is 23.5 Å². The first-order valence-corrected chi connectivity index (χ1v) is 8.37. The quantitative estimate of drug-likeness (QED) is 0.856. The van der Waals surface area contributed by atoms with Crippen LogP contribution in [0.4, 0.5) is 0 Å². The van der Waals surface area contributed by atoms with E-state index in [1.165, 1.54) is 6.42 Å². The molecule has 3 rings (SSSR count). The topological polar surface area (TPSA) is 29.5 Å². The predicted molar refractivity (Wildman–Crippen MR) is 77.8 cm³/mol. The molecule has 0 bridgehead atoms. The van der Waals surface area contributed by atoms with Crippen molar-refractivity contribution in [3.63, 3.8) is 0 Å². The smallest absolute Gasteiger partial charge is 0.217 e. The summed E-state index contributed by atoms with van der Waals surface area (Å²) in [6.45, 7) is 2.05. The van der Waals surface area contributed by atoms with Crippen LogP contribution in [0.3, 0.4) is 0 Å². The van der Waals surface area contributed by atoms with Gasteiger partial charge in [-0.15, -0.1) is 23.5 Å². The number of hydrogen-bond donors (Lipinski definition) is 1. The maximum Gasteiger partial charge on any atom is 0.217 e. The summed E-state index contributed by atoms with van der Waals surface area (Å²) in [5.41, 5.74) is 0.885. The molecule has 2 nitrogen and oxygen atoms in total. The Hall–Kier alpha value is -0.160. The van der Waals surface area contributed by atoms with Gasteiger partial charge in [0.25, 0.3) is 0 Å². The van der Waals surface area contributed by atoms with Gasteiger partial charge in [-0.05, 0) is 24.9 Å². The van der Waals surface area contributed by atoms with Crippen LogP contribution in [-0.4, -0.2) is 26.8 Å². The fourth-order valence-electron chi connectivity index (χ4n) is 2.78. The van der Waals surface area contributed by atoms with Crippen LogP contribution in [0.5, 0.6) is 0 Å². The first-order chi connectivity index (χ1) is 8.66. The Bertz CT molecular complexity index is 417. The molecule has 2 aliphatic rings. The molecule has 1 spiro atoms. The monoisotopic (exact) mass is 282 g/mol. The van der Waals surface area contributed by atoms with Crippen molar-refractivity contribution in [3.05, 3.63) is 35.9 Å². The van der Waals surface area contributed by atoms with Gasteiger partial charge in [0.15, 0.2) is 0 Å². The highest BCUT2D eigenvalue weighted by Crippen LogP contribution is 2.60. The molecular formula is C14H18O2S2. The minimum absolute atomic E-state index is 0.105. The molecule has 0 aromatic heterocycles. The maximum atomic E-state index is 11.1. The average molecular weight is 282 g/mol. The molecule has 4 heteroatoms. The highest BCUT2D eigenvalue weighted by Gasteiger charge is 2.60. The van der Waals surface area contributed by atoms with Crippen molar-refractivity contribution in [2.24, 2.45) is 0 Å². The summed E-state index contributed by atoms with van der Waals surface area (Å²) in [4.78, 5) is 0. The van der Waals surface area contributed by atoms with Crippen LogP contribution in [0.1, 0.15) is 25.3 Å². The van der Waals surface area contributed by atoms with Crippen LogP contribution < -0.4 is 0 Å². The summed E-state index contributed by atoms with van der Waals surface area (Å²) >= 11 is 3.73. The number of thioether (sulfide) groups is 2. The molecule has 2 atom stereocenters. The van der Waals surface area contributed by atoms with E-state index in [1.807, 2.05) is 53.9 Å². The molecule has 0 aliphatic carbocycles. The number of rotatable bonds is 1. The van der Waals surface area contributed by atoms with E-state index in [1.54, 1.807) is 0 Å². The Morgan fingerprint density at radius 1 is 1.22 bits per heavy atom. The van der Waals surface area contributed by atoms with E-state index in [0.717, 1.165) is 23.5 Å². The zero-order chi connectivity index (χ0) is 12.6. The summed E-state index contributed by atoms with van der Waals surface area (Å²) in [5.74, 6) is 1.07. The first-order valence-electron chi connectivity index (χ1n) is 6.40. The molecule has 18 heavy (non-hydrogen) atoms. The lowest BCUT2D eigenvalue weighted by molar-refractivity contribution is -0.198. The van der Waals surface area contributed by atoms with E-state index in [0.29, 0.717) is 0 Å². The summed E-state index contributed by atoms with van der Waals surface area (Å²) in [7, 11) is 0. The lowest BCUT2D eigenvalue weighted by Gasteiger charge is -2.42. The van der Waals surface area contributed by atoms with Gasteiger partial charge in [0.1, 0.15) is 4.08 Å². The van der Waals surface area contributed by atoms with E-state index in [2.05, 4.69) is 6.92 Å². The molecule has 0 radical (unpaired) electrons. The normalized spacial score (nSPS) is 34.9. The summed E-state index contributed by atoms with van der Waals surface area (Å²) in [5, 5.41) is 11.1. The average Bonchev–Trinajstić information content (AvgIpc) is 2.63. The lowest BCUT2D eigenvalue weighted by atomic mass is 10.0. The molecule has 1 N–H and O–H groups in total. The molecular weight excluding hydrogens is 264 g/mol. The summed E-state index contributed by atoms with van der Waals surface area (Å²) in [6.07, 6.45) is 2.23. The van der Waals surface area contributed by atoms with Gasteiger partial charge in [-0.1, -0.05) is 30.3 Å². The van der Waals surface area contributed by atoms with Crippen molar-refractivity contribution in [3.8, 4) is 0 Å². The zero-order valence-electron chi connectivity index (χ0n) is 10.5. The van der Waals surface area contributed by atoms with Gasteiger partial charge in [-0.3, -0.25) is 0 Å². The van der Waals surface area contributed by atoms with Gasteiger partial charge >= 0.3 is 0 Å². The van der Waals surface area contributed by atoms with Crippen LogP contribution in [0.15, 0.2) is 30.3 Å². The largest absolute Gasteiger partial charge is 0.360 e. The molecule has 0 saturated carbocycles. The Kier molecular flexibility index (Phi) is 3.39. The van der Waals surface area contributed by atoms with Gasteiger partial charge in [-0.2, -0.15) is 0 Å². The molecule has 0 unspecified atom stereocenters. The van der Waals surface area contributed by atoms with E-state index in [-0.39, 0.29) is 10.2 Å². The van der Waals surface area contributed by atoms with Crippen LogP contribution in [0.25, 0.3) is 0 Å². The van der Waals surface area contributed by atoms with E-state index in [4.69, 9.17) is 4.74 Å². The molecule has 2 heterocycles.